The highest BCUT2D eigenvalue weighted by Crippen LogP contribution is 2.33. The van der Waals surface area contributed by atoms with Crippen molar-refractivity contribution in [2.45, 2.75) is 12.5 Å². The first-order valence-corrected chi connectivity index (χ1v) is 5.82. The van der Waals surface area contributed by atoms with E-state index in [1.165, 1.54) is 0 Å². The van der Waals surface area contributed by atoms with Crippen LogP contribution in [0.4, 0.5) is 11.5 Å². The third-order valence-corrected chi connectivity index (χ3v) is 3.20. The zero-order valence-corrected chi connectivity index (χ0v) is 10.2. The fourth-order valence-corrected chi connectivity index (χ4v) is 2.29. The summed E-state index contributed by atoms with van der Waals surface area (Å²) < 4.78 is 4.39. The van der Waals surface area contributed by atoms with Crippen molar-refractivity contribution in [2.75, 3.05) is 10.6 Å². The van der Waals surface area contributed by atoms with Crippen molar-refractivity contribution in [2.24, 2.45) is 0 Å². The summed E-state index contributed by atoms with van der Waals surface area (Å²) in [6.45, 7) is 0. The quantitative estimate of drug-likeness (QED) is 0.807. The number of aromatic nitrogens is 2. The van der Waals surface area contributed by atoms with Gasteiger partial charge in [-0.1, -0.05) is 18.2 Å². The van der Waals surface area contributed by atoms with E-state index in [-0.39, 0.29) is 17.9 Å². The van der Waals surface area contributed by atoms with E-state index in [1.807, 2.05) is 0 Å². The lowest BCUT2D eigenvalue weighted by atomic mass is 10.1. The molecule has 8 heteroatoms. The average Bonchev–Trinajstić information content (AvgIpc) is 3.01. The number of anilines is 2. The fraction of sp³-hybridized carbons (Fsp3) is 0.167. The molecule has 0 bridgehead atoms. The minimum Gasteiger partial charge on any atom is -0.480 e. The van der Waals surface area contributed by atoms with Crippen molar-refractivity contribution in [1.82, 2.24) is 10.3 Å². The van der Waals surface area contributed by atoms with E-state index in [2.05, 4.69) is 14.9 Å². The van der Waals surface area contributed by atoms with Crippen molar-refractivity contribution in [3.63, 3.8) is 0 Å². The smallest absolute Gasteiger partial charge is 0.327 e. The van der Waals surface area contributed by atoms with E-state index in [0.717, 1.165) is 10.5 Å². The zero-order valence-electron chi connectivity index (χ0n) is 10.2. The molecule has 1 aliphatic heterocycles. The number of benzene rings is 1. The van der Waals surface area contributed by atoms with Gasteiger partial charge in [-0.25, -0.2) is 9.42 Å². The summed E-state index contributed by atoms with van der Waals surface area (Å²) in [6, 6.07) is 5.99. The largest absolute Gasteiger partial charge is 0.480 e. The molecule has 2 aromatic rings. The molecular formula is C12H10N4O4. The van der Waals surface area contributed by atoms with E-state index in [1.54, 1.807) is 24.3 Å². The highest BCUT2D eigenvalue weighted by Gasteiger charge is 2.40. The first kappa shape index (κ1) is 12.2. The molecule has 0 fully saturated rings. The molecule has 1 aromatic carbocycles. The number of carbonyl (C=O) groups is 2. The number of carbonyl (C=O) groups excluding carboxylic acids is 1. The van der Waals surface area contributed by atoms with Gasteiger partial charge in [0.15, 0.2) is 0 Å². The number of carboxylic acids is 1. The Morgan fingerprint density at radius 2 is 2.10 bits per heavy atom. The highest BCUT2D eigenvalue weighted by atomic mass is 16.6. The van der Waals surface area contributed by atoms with E-state index in [4.69, 9.17) is 5.73 Å². The highest BCUT2D eigenvalue weighted by molar-refractivity contribution is 6.11. The Morgan fingerprint density at radius 1 is 1.35 bits per heavy atom. The van der Waals surface area contributed by atoms with Gasteiger partial charge >= 0.3 is 5.97 Å². The van der Waals surface area contributed by atoms with Crippen LogP contribution in [0, 0.1) is 0 Å². The van der Waals surface area contributed by atoms with Crippen LogP contribution in [0.3, 0.4) is 0 Å². The molecule has 3 N–H and O–H groups in total. The Kier molecular flexibility index (Phi) is 2.63. The number of nitrogens with two attached hydrogens (primary N) is 1. The van der Waals surface area contributed by atoms with Gasteiger partial charge in [-0.15, -0.1) is 0 Å². The minimum absolute atomic E-state index is 0.163. The number of fused-ring (bicyclic) bond motifs is 1. The summed E-state index contributed by atoms with van der Waals surface area (Å²) in [6.07, 6.45) is 0.239. The van der Waals surface area contributed by atoms with Crippen molar-refractivity contribution in [3.8, 4) is 0 Å². The van der Waals surface area contributed by atoms with Gasteiger partial charge in [0.25, 0.3) is 5.91 Å². The molecule has 1 atom stereocenters. The number of carboxylic acid groups (broad SMARTS) is 1. The molecule has 20 heavy (non-hydrogen) atoms. The van der Waals surface area contributed by atoms with E-state index in [0.29, 0.717) is 5.69 Å². The first-order chi connectivity index (χ1) is 9.59. The molecule has 102 valence electrons. The Bertz CT molecular complexity index is 696. The second-order valence-corrected chi connectivity index (χ2v) is 4.36. The molecule has 0 spiro atoms. The van der Waals surface area contributed by atoms with Gasteiger partial charge in [-0.2, -0.15) is 0 Å². The molecule has 3 rings (SSSR count). The normalized spacial score (nSPS) is 17.0. The van der Waals surface area contributed by atoms with Crippen LogP contribution in [-0.2, 0) is 11.2 Å². The fourth-order valence-electron chi connectivity index (χ4n) is 2.29. The van der Waals surface area contributed by atoms with Crippen LogP contribution in [-0.4, -0.2) is 33.3 Å². The second kappa shape index (κ2) is 4.34. The number of hydrogen-bond acceptors (Lipinski definition) is 6. The van der Waals surface area contributed by atoms with Crippen LogP contribution in [0.2, 0.25) is 0 Å². The van der Waals surface area contributed by atoms with Crippen LogP contribution < -0.4 is 10.6 Å². The number of aliphatic carboxylic acids is 1. The average molecular weight is 274 g/mol. The second-order valence-electron chi connectivity index (χ2n) is 4.36. The molecule has 1 amide bonds. The summed E-state index contributed by atoms with van der Waals surface area (Å²) in [4.78, 5) is 24.9. The van der Waals surface area contributed by atoms with Crippen molar-refractivity contribution in [1.29, 1.82) is 0 Å². The van der Waals surface area contributed by atoms with Gasteiger partial charge < -0.3 is 10.8 Å². The molecule has 0 saturated carbocycles. The third-order valence-electron chi connectivity index (χ3n) is 3.20. The molecule has 0 aliphatic carbocycles. The van der Waals surface area contributed by atoms with E-state index >= 15 is 0 Å². The van der Waals surface area contributed by atoms with Gasteiger partial charge in [-0.3, -0.25) is 9.69 Å². The number of nitrogens with zero attached hydrogens (tertiary/aromatic N) is 3. The topological polar surface area (TPSA) is 123 Å². The zero-order chi connectivity index (χ0) is 14.3. The van der Waals surface area contributed by atoms with Crippen molar-refractivity contribution >= 4 is 23.4 Å². The molecule has 0 radical (unpaired) electrons. The van der Waals surface area contributed by atoms with E-state index in [9.17, 15) is 14.7 Å². The van der Waals surface area contributed by atoms with Crippen LogP contribution in [0.5, 0.6) is 0 Å². The summed E-state index contributed by atoms with van der Waals surface area (Å²) in [5, 5.41) is 16.1. The molecule has 2 heterocycles. The molecule has 0 saturated heterocycles. The Balaban J connectivity index is 2.07. The SMILES string of the molecule is Nc1nonc1C(=O)N1c2ccccc2C[C@H]1C(=O)O. The van der Waals surface area contributed by atoms with Crippen LogP contribution in [0.1, 0.15) is 16.1 Å². The maximum atomic E-state index is 12.4. The Hall–Kier alpha value is -2.90. The molecule has 0 unspecified atom stereocenters. The predicted octanol–water partition coefficient (Wildman–Crippen LogP) is 0.308. The number of hydrogen-bond donors (Lipinski definition) is 2. The van der Waals surface area contributed by atoms with Gasteiger partial charge in [0.1, 0.15) is 6.04 Å². The predicted molar refractivity (Wildman–Crippen MR) is 67.1 cm³/mol. The molecular weight excluding hydrogens is 264 g/mol. The molecule has 8 nitrogen and oxygen atoms in total. The monoisotopic (exact) mass is 274 g/mol. The van der Waals surface area contributed by atoms with Crippen LogP contribution >= 0.6 is 0 Å². The number of amides is 1. The number of para-hydroxylation sites is 1. The lowest BCUT2D eigenvalue weighted by Gasteiger charge is -2.21. The maximum absolute atomic E-state index is 12.4. The maximum Gasteiger partial charge on any atom is 0.327 e. The van der Waals surface area contributed by atoms with Gasteiger partial charge in [0.05, 0.1) is 0 Å². The van der Waals surface area contributed by atoms with Crippen LogP contribution in [0.25, 0.3) is 0 Å². The number of nitrogen functional groups attached to an aromatic ring is 1. The van der Waals surface area contributed by atoms with Crippen molar-refractivity contribution < 1.29 is 19.3 Å². The summed E-state index contributed by atoms with van der Waals surface area (Å²) in [7, 11) is 0. The Labute approximate surface area is 112 Å². The first-order valence-electron chi connectivity index (χ1n) is 5.82. The van der Waals surface area contributed by atoms with Gasteiger partial charge in [-0.05, 0) is 21.9 Å². The Morgan fingerprint density at radius 3 is 2.75 bits per heavy atom. The molecule has 1 aliphatic rings. The van der Waals surface area contributed by atoms with Gasteiger partial charge in [0, 0.05) is 12.1 Å². The third kappa shape index (κ3) is 1.69. The summed E-state index contributed by atoms with van der Waals surface area (Å²) in [5.41, 5.74) is 6.62. The molecule has 1 aromatic heterocycles. The lowest BCUT2D eigenvalue weighted by molar-refractivity contribution is -0.138. The van der Waals surface area contributed by atoms with E-state index < -0.39 is 17.9 Å². The summed E-state index contributed by atoms with van der Waals surface area (Å²) in [5.74, 6) is -1.89. The van der Waals surface area contributed by atoms with Crippen LogP contribution in [0.15, 0.2) is 28.9 Å². The minimum atomic E-state index is -1.09. The summed E-state index contributed by atoms with van der Waals surface area (Å²) >= 11 is 0. The standard InChI is InChI=1S/C12H10N4O4/c13-10-9(14-20-15-10)11(17)16-7-4-2-1-3-6(7)5-8(16)12(18)19/h1-4,8H,5H2,(H2,13,15)(H,18,19)/t8-/m0/s1. The van der Waals surface area contributed by atoms with Crippen molar-refractivity contribution in [3.05, 3.63) is 35.5 Å². The van der Waals surface area contributed by atoms with Gasteiger partial charge in [0.2, 0.25) is 11.5 Å². The lowest BCUT2D eigenvalue weighted by Crippen LogP contribution is -2.43. The number of rotatable bonds is 2.